The molecule has 1 aromatic rings. The molecule has 1 N–H and O–H groups in total. The van der Waals surface area contributed by atoms with Gasteiger partial charge in [0.2, 0.25) is 0 Å². The van der Waals surface area contributed by atoms with Crippen LogP contribution in [0.15, 0.2) is 12.1 Å². The molecule has 0 heterocycles. The number of hydrogen-bond donors (Lipinski definition) is 1. The van der Waals surface area contributed by atoms with E-state index in [1.54, 1.807) is 0 Å². The van der Waals surface area contributed by atoms with E-state index < -0.39 is 0 Å². The first kappa shape index (κ1) is 13.1. The monoisotopic (exact) mass is 220 g/mol. The number of phenolic OH excluding ortho intramolecular Hbond substituents is 1. The fraction of sp³-hybridized carbons (Fsp3) is 0.600. The van der Waals surface area contributed by atoms with Crippen LogP contribution in [0.4, 0.5) is 0 Å². The van der Waals surface area contributed by atoms with Gasteiger partial charge < -0.3 is 5.11 Å². The SMILES string of the molecule is CCCCc1ccc(C)c(CCCC)c1O. The standard InChI is InChI=1S/C15H24O/c1-4-6-8-13-11-10-12(3)14(15(13)16)9-7-5-2/h10-11,16H,4-9H2,1-3H3. The van der Waals surface area contributed by atoms with Gasteiger partial charge in [0.25, 0.3) is 0 Å². The van der Waals surface area contributed by atoms with Crippen LogP contribution < -0.4 is 0 Å². The first-order valence-corrected chi connectivity index (χ1v) is 6.51. The molecule has 1 aromatic carbocycles. The summed E-state index contributed by atoms with van der Waals surface area (Å²) >= 11 is 0. The van der Waals surface area contributed by atoms with Crippen LogP contribution in [0.5, 0.6) is 5.75 Å². The van der Waals surface area contributed by atoms with E-state index in [1.165, 1.54) is 18.4 Å². The number of aryl methyl sites for hydroxylation is 2. The van der Waals surface area contributed by atoms with E-state index >= 15 is 0 Å². The van der Waals surface area contributed by atoms with Gasteiger partial charge in [0.05, 0.1) is 0 Å². The van der Waals surface area contributed by atoms with Crippen LogP contribution in [0.3, 0.4) is 0 Å². The lowest BCUT2D eigenvalue weighted by molar-refractivity contribution is 0.458. The zero-order valence-corrected chi connectivity index (χ0v) is 10.8. The molecule has 0 radical (unpaired) electrons. The third kappa shape index (κ3) is 3.26. The van der Waals surface area contributed by atoms with Gasteiger partial charge in [-0.25, -0.2) is 0 Å². The smallest absolute Gasteiger partial charge is 0.122 e. The minimum Gasteiger partial charge on any atom is -0.507 e. The third-order valence-corrected chi connectivity index (χ3v) is 3.18. The molecular weight excluding hydrogens is 196 g/mol. The van der Waals surface area contributed by atoms with Crippen LogP contribution in [0, 0.1) is 6.92 Å². The number of aromatic hydroxyl groups is 1. The summed E-state index contributed by atoms with van der Waals surface area (Å²) in [6, 6.07) is 4.23. The number of unbranched alkanes of at least 4 members (excludes halogenated alkanes) is 2. The van der Waals surface area contributed by atoms with E-state index in [0.29, 0.717) is 5.75 Å². The largest absolute Gasteiger partial charge is 0.507 e. The molecule has 0 atom stereocenters. The maximum atomic E-state index is 10.2. The molecule has 0 fully saturated rings. The van der Waals surface area contributed by atoms with E-state index in [0.717, 1.165) is 36.8 Å². The van der Waals surface area contributed by atoms with Gasteiger partial charge >= 0.3 is 0 Å². The molecule has 0 aliphatic carbocycles. The zero-order valence-electron chi connectivity index (χ0n) is 10.8. The first-order valence-electron chi connectivity index (χ1n) is 6.51. The average Bonchev–Trinajstić information content (AvgIpc) is 2.28. The van der Waals surface area contributed by atoms with Gasteiger partial charge in [-0.3, -0.25) is 0 Å². The highest BCUT2D eigenvalue weighted by Crippen LogP contribution is 2.28. The quantitative estimate of drug-likeness (QED) is 0.754. The molecule has 0 bridgehead atoms. The maximum absolute atomic E-state index is 10.2. The summed E-state index contributed by atoms with van der Waals surface area (Å²) in [6.07, 6.45) is 6.68. The van der Waals surface area contributed by atoms with Crippen LogP contribution in [0.1, 0.15) is 56.2 Å². The van der Waals surface area contributed by atoms with Gasteiger partial charge in [0, 0.05) is 0 Å². The van der Waals surface area contributed by atoms with E-state index in [-0.39, 0.29) is 0 Å². The fourth-order valence-corrected chi connectivity index (χ4v) is 2.02. The topological polar surface area (TPSA) is 20.2 Å². The van der Waals surface area contributed by atoms with Crippen LogP contribution in [0.25, 0.3) is 0 Å². The minimum atomic E-state index is 0.557. The summed E-state index contributed by atoms with van der Waals surface area (Å²) in [5.74, 6) is 0.557. The van der Waals surface area contributed by atoms with Gasteiger partial charge in [-0.2, -0.15) is 0 Å². The van der Waals surface area contributed by atoms with Crippen molar-refractivity contribution in [2.75, 3.05) is 0 Å². The van der Waals surface area contributed by atoms with Gasteiger partial charge in [-0.15, -0.1) is 0 Å². The molecule has 0 spiro atoms. The van der Waals surface area contributed by atoms with Crippen molar-refractivity contribution in [1.29, 1.82) is 0 Å². The van der Waals surface area contributed by atoms with Crippen molar-refractivity contribution in [3.8, 4) is 5.75 Å². The summed E-state index contributed by atoms with van der Waals surface area (Å²) in [4.78, 5) is 0. The average molecular weight is 220 g/mol. The Morgan fingerprint density at radius 2 is 1.62 bits per heavy atom. The second-order valence-corrected chi connectivity index (χ2v) is 4.58. The second-order valence-electron chi connectivity index (χ2n) is 4.58. The highest BCUT2D eigenvalue weighted by Gasteiger charge is 2.09. The van der Waals surface area contributed by atoms with Crippen LogP contribution in [-0.2, 0) is 12.8 Å². The Labute approximate surface area is 99.5 Å². The van der Waals surface area contributed by atoms with Crippen LogP contribution >= 0.6 is 0 Å². The van der Waals surface area contributed by atoms with Crippen molar-refractivity contribution in [3.63, 3.8) is 0 Å². The molecule has 0 aliphatic heterocycles. The molecule has 1 nitrogen and oxygen atoms in total. The van der Waals surface area contributed by atoms with Crippen molar-refractivity contribution >= 4 is 0 Å². The van der Waals surface area contributed by atoms with Gasteiger partial charge in [-0.1, -0.05) is 38.8 Å². The molecule has 1 heteroatoms. The van der Waals surface area contributed by atoms with E-state index in [9.17, 15) is 5.11 Å². The van der Waals surface area contributed by atoms with Crippen LogP contribution in [0.2, 0.25) is 0 Å². The summed E-state index contributed by atoms with van der Waals surface area (Å²) in [5.41, 5.74) is 3.51. The Morgan fingerprint density at radius 3 is 2.25 bits per heavy atom. The second kappa shape index (κ2) is 6.57. The third-order valence-electron chi connectivity index (χ3n) is 3.18. The zero-order chi connectivity index (χ0) is 12.0. The summed E-state index contributed by atoms with van der Waals surface area (Å²) < 4.78 is 0. The Balaban J connectivity index is 2.87. The summed E-state index contributed by atoms with van der Waals surface area (Å²) in [7, 11) is 0. The molecular formula is C15H24O. The molecule has 16 heavy (non-hydrogen) atoms. The number of benzene rings is 1. The first-order chi connectivity index (χ1) is 7.70. The Bertz CT molecular complexity index is 328. The Morgan fingerprint density at radius 1 is 1.00 bits per heavy atom. The lowest BCUT2D eigenvalue weighted by atomic mass is 9.96. The predicted octanol–water partition coefficient (Wildman–Crippen LogP) is 4.39. The molecule has 0 aliphatic rings. The van der Waals surface area contributed by atoms with Crippen molar-refractivity contribution in [2.45, 2.75) is 59.3 Å². The van der Waals surface area contributed by atoms with E-state index in [4.69, 9.17) is 0 Å². The lowest BCUT2D eigenvalue weighted by Gasteiger charge is -2.12. The summed E-state index contributed by atoms with van der Waals surface area (Å²) in [5, 5.41) is 10.2. The Kier molecular flexibility index (Phi) is 5.37. The van der Waals surface area contributed by atoms with Gasteiger partial charge in [-0.05, 0) is 49.3 Å². The lowest BCUT2D eigenvalue weighted by Crippen LogP contribution is -1.95. The number of hydrogen-bond acceptors (Lipinski definition) is 1. The normalized spacial score (nSPS) is 10.7. The molecule has 0 unspecified atom stereocenters. The van der Waals surface area contributed by atoms with Crippen molar-refractivity contribution in [3.05, 3.63) is 28.8 Å². The maximum Gasteiger partial charge on any atom is 0.122 e. The van der Waals surface area contributed by atoms with Crippen molar-refractivity contribution in [1.82, 2.24) is 0 Å². The highest BCUT2D eigenvalue weighted by atomic mass is 16.3. The Hall–Kier alpha value is -0.980. The number of rotatable bonds is 6. The van der Waals surface area contributed by atoms with Crippen LogP contribution in [-0.4, -0.2) is 5.11 Å². The van der Waals surface area contributed by atoms with Crippen molar-refractivity contribution in [2.24, 2.45) is 0 Å². The fourth-order valence-electron chi connectivity index (χ4n) is 2.02. The minimum absolute atomic E-state index is 0.557. The molecule has 90 valence electrons. The molecule has 0 saturated heterocycles. The number of phenols is 1. The molecule has 1 rings (SSSR count). The highest BCUT2D eigenvalue weighted by molar-refractivity contribution is 5.45. The van der Waals surface area contributed by atoms with Gasteiger partial charge in [0.15, 0.2) is 0 Å². The van der Waals surface area contributed by atoms with E-state index in [2.05, 4.69) is 32.9 Å². The summed E-state index contributed by atoms with van der Waals surface area (Å²) in [6.45, 7) is 6.46. The van der Waals surface area contributed by atoms with Gasteiger partial charge in [0.1, 0.15) is 5.75 Å². The molecule has 0 saturated carbocycles. The van der Waals surface area contributed by atoms with E-state index in [1.807, 2.05) is 0 Å². The van der Waals surface area contributed by atoms with Crippen molar-refractivity contribution < 1.29 is 5.11 Å². The molecule has 0 aromatic heterocycles. The predicted molar refractivity (Wildman–Crippen MR) is 70.1 cm³/mol. The molecule has 0 amide bonds.